The molecule has 0 spiro atoms. The number of Topliss-reactive ketones (excluding diaryl/α,β-unsaturated/α-hetero) is 1. The molecule has 1 aromatic heterocycles. The van der Waals surface area contributed by atoms with Gasteiger partial charge in [-0.1, -0.05) is 42.1 Å². The summed E-state index contributed by atoms with van der Waals surface area (Å²) >= 11 is 1.09. The van der Waals surface area contributed by atoms with Crippen molar-refractivity contribution in [3.05, 3.63) is 71.3 Å². The normalized spacial score (nSPS) is 10.1. The van der Waals surface area contributed by atoms with Crippen LogP contribution in [0.3, 0.4) is 0 Å². The van der Waals surface area contributed by atoms with Gasteiger partial charge in [-0.25, -0.2) is 4.98 Å². The number of carbonyl (C=O) groups excluding carboxylic acids is 2. The fraction of sp³-hybridized carbons (Fsp3) is 0.160. The Hall–Kier alpha value is -4.14. The number of nitrogens with zero attached hydrogens (tertiary/aromatic N) is 3. The van der Waals surface area contributed by atoms with Crippen LogP contribution in [0.2, 0.25) is 0 Å². The number of rotatable bonds is 8. The van der Waals surface area contributed by atoms with E-state index in [1.807, 2.05) is 18.2 Å². The van der Waals surface area contributed by atoms with E-state index in [2.05, 4.69) is 22.4 Å². The van der Waals surface area contributed by atoms with Crippen molar-refractivity contribution in [1.82, 2.24) is 4.98 Å². The SMILES string of the molecule is CCOc1nc(SCC(=O)Nc2ccc(C(C)=O)cc2)c(C#N)c(-c2ccccc2)c1C#N. The molecule has 0 unspecified atom stereocenters. The number of anilines is 1. The Bertz CT molecular complexity index is 1260. The average Bonchev–Trinajstić information content (AvgIpc) is 2.83. The monoisotopic (exact) mass is 456 g/mol. The van der Waals surface area contributed by atoms with Crippen LogP contribution in [0.4, 0.5) is 5.69 Å². The lowest BCUT2D eigenvalue weighted by Crippen LogP contribution is -2.14. The second-order valence-electron chi connectivity index (χ2n) is 6.84. The van der Waals surface area contributed by atoms with Crippen LogP contribution in [0.1, 0.15) is 35.3 Å². The summed E-state index contributed by atoms with van der Waals surface area (Å²) in [5.74, 6) is -0.244. The number of amides is 1. The van der Waals surface area contributed by atoms with E-state index in [0.717, 1.165) is 11.8 Å². The first kappa shape index (κ1) is 23.5. The van der Waals surface area contributed by atoms with Crippen molar-refractivity contribution >= 4 is 29.1 Å². The Balaban J connectivity index is 1.90. The minimum atomic E-state index is -0.301. The number of aromatic nitrogens is 1. The van der Waals surface area contributed by atoms with Crippen LogP contribution < -0.4 is 10.1 Å². The lowest BCUT2D eigenvalue weighted by Gasteiger charge is -2.14. The van der Waals surface area contributed by atoms with Gasteiger partial charge in [0, 0.05) is 16.8 Å². The lowest BCUT2D eigenvalue weighted by molar-refractivity contribution is -0.113. The highest BCUT2D eigenvalue weighted by atomic mass is 32.2. The number of ketones is 1. The first-order valence-corrected chi connectivity index (χ1v) is 11.1. The molecular weight excluding hydrogens is 436 g/mol. The van der Waals surface area contributed by atoms with E-state index in [4.69, 9.17) is 4.74 Å². The molecule has 7 nitrogen and oxygen atoms in total. The largest absolute Gasteiger partial charge is 0.477 e. The number of thioether (sulfide) groups is 1. The summed E-state index contributed by atoms with van der Waals surface area (Å²) in [6.07, 6.45) is 0. The predicted molar refractivity (Wildman–Crippen MR) is 126 cm³/mol. The average molecular weight is 457 g/mol. The molecular formula is C25H20N4O3S. The van der Waals surface area contributed by atoms with Gasteiger partial charge >= 0.3 is 0 Å². The summed E-state index contributed by atoms with van der Waals surface area (Å²) in [4.78, 5) is 28.3. The molecule has 8 heteroatoms. The van der Waals surface area contributed by atoms with Crippen LogP contribution in [0.5, 0.6) is 5.88 Å². The third-order valence-corrected chi connectivity index (χ3v) is 5.59. The number of hydrogen-bond acceptors (Lipinski definition) is 7. The van der Waals surface area contributed by atoms with Crippen molar-refractivity contribution in [3.8, 4) is 29.1 Å². The van der Waals surface area contributed by atoms with Crippen molar-refractivity contribution in [2.45, 2.75) is 18.9 Å². The minimum Gasteiger partial charge on any atom is -0.477 e. The quantitative estimate of drug-likeness (QED) is 0.381. The topological polar surface area (TPSA) is 116 Å². The molecule has 0 atom stereocenters. The van der Waals surface area contributed by atoms with E-state index in [-0.39, 0.29) is 34.5 Å². The molecule has 3 aromatic rings. The Morgan fingerprint density at radius 1 is 1.03 bits per heavy atom. The molecule has 0 fully saturated rings. The highest BCUT2D eigenvalue weighted by molar-refractivity contribution is 8.00. The van der Waals surface area contributed by atoms with Crippen molar-refractivity contribution in [2.24, 2.45) is 0 Å². The van der Waals surface area contributed by atoms with Crippen LogP contribution in [0.25, 0.3) is 11.1 Å². The molecule has 164 valence electrons. The minimum absolute atomic E-state index is 0.0121. The van der Waals surface area contributed by atoms with Crippen LogP contribution in [-0.4, -0.2) is 29.0 Å². The number of carbonyl (C=O) groups is 2. The maximum atomic E-state index is 12.5. The molecule has 1 heterocycles. The fourth-order valence-electron chi connectivity index (χ4n) is 3.11. The van der Waals surface area contributed by atoms with Gasteiger partial charge in [0.15, 0.2) is 5.78 Å². The summed E-state index contributed by atoms with van der Waals surface area (Å²) in [7, 11) is 0. The van der Waals surface area contributed by atoms with E-state index in [1.54, 1.807) is 43.3 Å². The van der Waals surface area contributed by atoms with Crippen LogP contribution >= 0.6 is 11.8 Å². The maximum Gasteiger partial charge on any atom is 0.234 e. The molecule has 1 amide bonds. The third-order valence-electron chi connectivity index (χ3n) is 4.61. The van der Waals surface area contributed by atoms with E-state index in [9.17, 15) is 20.1 Å². The van der Waals surface area contributed by atoms with Crippen molar-refractivity contribution < 1.29 is 14.3 Å². The van der Waals surface area contributed by atoms with Gasteiger partial charge in [-0.3, -0.25) is 9.59 Å². The van der Waals surface area contributed by atoms with Gasteiger partial charge in [0.05, 0.1) is 17.9 Å². The molecule has 33 heavy (non-hydrogen) atoms. The number of ether oxygens (including phenoxy) is 1. The zero-order valence-corrected chi connectivity index (χ0v) is 18.9. The first-order chi connectivity index (χ1) is 16.0. The summed E-state index contributed by atoms with van der Waals surface area (Å²) in [5.41, 5.74) is 2.62. The summed E-state index contributed by atoms with van der Waals surface area (Å²) in [6.45, 7) is 3.55. The molecule has 1 N–H and O–H groups in total. The van der Waals surface area contributed by atoms with E-state index in [0.29, 0.717) is 34.0 Å². The van der Waals surface area contributed by atoms with Gasteiger partial charge in [-0.05, 0) is 43.7 Å². The first-order valence-electron chi connectivity index (χ1n) is 10.1. The molecule has 0 saturated heterocycles. The summed E-state index contributed by atoms with van der Waals surface area (Å²) < 4.78 is 5.58. The Morgan fingerprint density at radius 2 is 1.70 bits per heavy atom. The van der Waals surface area contributed by atoms with Gasteiger partial charge in [0.25, 0.3) is 0 Å². The van der Waals surface area contributed by atoms with Crippen LogP contribution in [-0.2, 0) is 4.79 Å². The molecule has 0 aliphatic heterocycles. The standard InChI is InChI=1S/C25H20N4O3S/c1-3-32-24-20(13-26)23(18-7-5-4-6-8-18)21(14-27)25(29-24)33-15-22(31)28-19-11-9-17(10-12-19)16(2)30/h4-12H,3,15H2,1-2H3,(H,28,31). The maximum absolute atomic E-state index is 12.5. The third kappa shape index (κ3) is 5.57. The predicted octanol–water partition coefficient (Wildman–Crippen LogP) is 4.82. The summed E-state index contributed by atoms with van der Waals surface area (Å²) in [6, 6.07) is 19.9. The molecule has 0 aliphatic carbocycles. The number of benzene rings is 2. The van der Waals surface area contributed by atoms with Gasteiger partial charge in [-0.15, -0.1) is 0 Å². The molecule has 0 aliphatic rings. The second kappa shape index (κ2) is 10.9. The fourth-order valence-corrected chi connectivity index (χ4v) is 3.89. The number of pyridine rings is 1. The van der Waals surface area contributed by atoms with Crippen molar-refractivity contribution in [3.63, 3.8) is 0 Å². The van der Waals surface area contributed by atoms with Gasteiger partial charge in [0.2, 0.25) is 11.8 Å². The highest BCUT2D eigenvalue weighted by Gasteiger charge is 2.23. The smallest absolute Gasteiger partial charge is 0.234 e. The zero-order valence-electron chi connectivity index (χ0n) is 18.1. The summed E-state index contributed by atoms with van der Waals surface area (Å²) in [5, 5.41) is 22.7. The highest BCUT2D eigenvalue weighted by Crippen LogP contribution is 2.37. The van der Waals surface area contributed by atoms with E-state index >= 15 is 0 Å². The Kier molecular flexibility index (Phi) is 7.80. The van der Waals surface area contributed by atoms with Crippen molar-refractivity contribution in [1.29, 1.82) is 10.5 Å². The molecule has 0 saturated carbocycles. The second-order valence-corrected chi connectivity index (χ2v) is 7.80. The Labute approximate surface area is 196 Å². The molecule has 0 bridgehead atoms. The van der Waals surface area contributed by atoms with Gasteiger partial charge in [-0.2, -0.15) is 10.5 Å². The molecule has 3 rings (SSSR count). The number of hydrogen-bond donors (Lipinski definition) is 1. The van der Waals surface area contributed by atoms with Crippen LogP contribution in [0, 0.1) is 22.7 Å². The van der Waals surface area contributed by atoms with E-state index in [1.165, 1.54) is 6.92 Å². The number of nitriles is 2. The van der Waals surface area contributed by atoms with Crippen LogP contribution in [0.15, 0.2) is 59.6 Å². The zero-order chi connectivity index (χ0) is 23.8. The van der Waals surface area contributed by atoms with E-state index < -0.39 is 0 Å². The molecule has 2 aromatic carbocycles. The molecule has 0 radical (unpaired) electrons. The Morgan fingerprint density at radius 3 is 2.27 bits per heavy atom. The number of nitrogens with one attached hydrogen (secondary N) is 1. The van der Waals surface area contributed by atoms with Crippen molar-refractivity contribution in [2.75, 3.05) is 17.7 Å². The lowest BCUT2D eigenvalue weighted by atomic mass is 9.97. The van der Waals surface area contributed by atoms with Gasteiger partial charge in [0.1, 0.15) is 22.7 Å². The van der Waals surface area contributed by atoms with Gasteiger partial charge < -0.3 is 10.1 Å².